The van der Waals surface area contributed by atoms with E-state index in [0.29, 0.717) is 13.1 Å². The Labute approximate surface area is 164 Å². The van der Waals surface area contributed by atoms with Gasteiger partial charge >= 0.3 is 0 Å². The molecule has 3 aromatic heterocycles. The summed E-state index contributed by atoms with van der Waals surface area (Å²) < 4.78 is 1.88. The molecule has 0 fully saturated rings. The molecule has 0 unspecified atom stereocenters. The lowest BCUT2D eigenvalue weighted by Crippen LogP contribution is -2.23. The van der Waals surface area contributed by atoms with Gasteiger partial charge in [0.25, 0.3) is 0 Å². The van der Waals surface area contributed by atoms with Crippen LogP contribution in [0.25, 0.3) is 0 Å². The van der Waals surface area contributed by atoms with E-state index in [0.717, 1.165) is 30.2 Å². The largest absolute Gasteiger partial charge is 0.286 e. The lowest BCUT2D eigenvalue weighted by atomic mass is 10.2. The molecule has 0 atom stereocenters. The molecule has 140 valence electrons. The van der Waals surface area contributed by atoms with Crippen molar-refractivity contribution in [2.24, 2.45) is 0 Å². The number of hydrogen-bond donors (Lipinski definition) is 0. The van der Waals surface area contributed by atoms with Crippen LogP contribution >= 0.6 is 0 Å². The second-order valence-electron chi connectivity index (χ2n) is 6.68. The fraction of sp³-hybridized carbons (Fsp3) is 0.182. The zero-order valence-corrected chi connectivity index (χ0v) is 15.6. The third-order valence-electron chi connectivity index (χ3n) is 4.38. The Morgan fingerprint density at radius 3 is 1.89 bits per heavy atom. The maximum Gasteiger partial charge on any atom is 0.0967 e. The van der Waals surface area contributed by atoms with Crippen molar-refractivity contribution < 1.29 is 0 Å². The molecule has 0 radical (unpaired) electrons. The normalized spacial score (nSPS) is 11.0. The third-order valence-corrected chi connectivity index (χ3v) is 4.38. The summed E-state index contributed by atoms with van der Waals surface area (Å²) in [5.41, 5.74) is 4.19. The Bertz CT molecular complexity index is 928. The van der Waals surface area contributed by atoms with Crippen molar-refractivity contribution in [2.75, 3.05) is 0 Å². The highest BCUT2D eigenvalue weighted by molar-refractivity contribution is 5.15. The van der Waals surface area contributed by atoms with Gasteiger partial charge in [-0.05, 0) is 29.8 Å². The molecule has 0 saturated heterocycles. The van der Waals surface area contributed by atoms with Crippen LogP contribution in [-0.4, -0.2) is 29.9 Å². The number of aromatic nitrogens is 5. The van der Waals surface area contributed by atoms with Gasteiger partial charge in [-0.25, -0.2) is 4.68 Å². The minimum absolute atomic E-state index is 0.682. The summed E-state index contributed by atoms with van der Waals surface area (Å²) in [7, 11) is 0. The van der Waals surface area contributed by atoms with Gasteiger partial charge in [-0.15, -0.1) is 5.10 Å². The second-order valence-corrected chi connectivity index (χ2v) is 6.68. The predicted molar refractivity (Wildman–Crippen MR) is 107 cm³/mol. The molecule has 0 aliphatic carbocycles. The number of nitrogens with zero attached hydrogens (tertiary/aromatic N) is 6. The van der Waals surface area contributed by atoms with Gasteiger partial charge < -0.3 is 0 Å². The Morgan fingerprint density at radius 1 is 0.679 bits per heavy atom. The van der Waals surface area contributed by atoms with Crippen LogP contribution in [0.15, 0.2) is 85.3 Å². The Morgan fingerprint density at radius 2 is 1.29 bits per heavy atom. The van der Waals surface area contributed by atoms with E-state index >= 15 is 0 Å². The van der Waals surface area contributed by atoms with Crippen LogP contribution in [0, 0.1) is 0 Å². The molecule has 6 nitrogen and oxygen atoms in total. The van der Waals surface area contributed by atoms with Crippen LogP contribution in [-0.2, 0) is 26.2 Å². The molecule has 28 heavy (non-hydrogen) atoms. The first-order valence-electron chi connectivity index (χ1n) is 9.30. The summed E-state index contributed by atoms with van der Waals surface area (Å²) in [5.74, 6) is 0. The first-order valence-corrected chi connectivity index (χ1v) is 9.30. The number of rotatable bonds is 8. The highest BCUT2D eigenvalue weighted by Gasteiger charge is 2.12. The minimum atomic E-state index is 0.682. The average molecular weight is 370 g/mol. The van der Waals surface area contributed by atoms with Gasteiger partial charge in [0.15, 0.2) is 0 Å². The molecule has 0 aliphatic rings. The van der Waals surface area contributed by atoms with Crippen LogP contribution in [0.5, 0.6) is 0 Å². The van der Waals surface area contributed by atoms with Crippen molar-refractivity contribution in [3.8, 4) is 0 Å². The average Bonchev–Trinajstić information content (AvgIpc) is 3.17. The molecule has 3 heterocycles. The van der Waals surface area contributed by atoms with Crippen molar-refractivity contribution in [3.63, 3.8) is 0 Å². The summed E-state index contributed by atoms with van der Waals surface area (Å²) in [6.45, 7) is 2.85. The third kappa shape index (κ3) is 5.08. The SMILES string of the molecule is c1ccc(Cn2cc(CN(Cc3ccccn3)Cc3ccccn3)nn2)cc1. The predicted octanol–water partition coefficient (Wildman–Crippen LogP) is 3.32. The van der Waals surface area contributed by atoms with E-state index in [9.17, 15) is 0 Å². The maximum atomic E-state index is 4.46. The first kappa shape index (κ1) is 18.0. The fourth-order valence-electron chi connectivity index (χ4n) is 3.10. The number of pyridine rings is 2. The Balaban J connectivity index is 1.47. The smallest absolute Gasteiger partial charge is 0.0967 e. The van der Waals surface area contributed by atoms with E-state index < -0.39 is 0 Å². The van der Waals surface area contributed by atoms with E-state index in [4.69, 9.17) is 0 Å². The zero-order chi connectivity index (χ0) is 19.0. The van der Waals surface area contributed by atoms with Gasteiger partial charge in [-0.2, -0.15) is 0 Å². The van der Waals surface area contributed by atoms with E-state index in [1.165, 1.54) is 5.56 Å². The van der Waals surface area contributed by atoms with E-state index in [2.05, 4.69) is 37.3 Å². The van der Waals surface area contributed by atoms with Crippen LogP contribution < -0.4 is 0 Å². The monoisotopic (exact) mass is 370 g/mol. The Kier molecular flexibility index (Phi) is 5.80. The molecule has 0 aliphatic heterocycles. The molecule has 0 saturated carbocycles. The Hall–Kier alpha value is -3.38. The lowest BCUT2D eigenvalue weighted by molar-refractivity contribution is 0.238. The maximum absolute atomic E-state index is 4.46. The van der Waals surface area contributed by atoms with Crippen molar-refractivity contribution in [1.29, 1.82) is 0 Å². The minimum Gasteiger partial charge on any atom is -0.286 e. The van der Waals surface area contributed by atoms with Crippen LogP contribution in [0.1, 0.15) is 22.6 Å². The van der Waals surface area contributed by atoms with Gasteiger partial charge in [0.2, 0.25) is 0 Å². The molecule has 0 amide bonds. The molecular formula is C22H22N6. The summed E-state index contributed by atoms with van der Waals surface area (Å²) in [4.78, 5) is 11.2. The van der Waals surface area contributed by atoms with Gasteiger partial charge in [0, 0.05) is 32.0 Å². The second kappa shape index (κ2) is 9.01. The van der Waals surface area contributed by atoms with Crippen molar-refractivity contribution in [1.82, 2.24) is 29.9 Å². The quantitative estimate of drug-likeness (QED) is 0.476. The molecule has 0 N–H and O–H groups in total. The zero-order valence-electron chi connectivity index (χ0n) is 15.6. The summed E-state index contributed by atoms with van der Waals surface area (Å²) >= 11 is 0. The summed E-state index contributed by atoms with van der Waals surface area (Å²) in [6.07, 6.45) is 5.66. The van der Waals surface area contributed by atoms with Crippen molar-refractivity contribution in [2.45, 2.75) is 26.2 Å². The van der Waals surface area contributed by atoms with Gasteiger partial charge in [0.1, 0.15) is 0 Å². The molecule has 1 aromatic carbocycles. The molecule has 0 spiro atoms. The summed E-state index contributed by atoms with van der Waals surface area (Å²) in [6, 6.07) is 22.2. The fourth-order valence-corrected chi connectivity index (χ4v) is 3.10. The molecule has 6 heteroatoms. The van der Waals surface area contributed by atoms with E-state index in [1.807, 2.05) is 77.9 Å². The van der Waals surface area contributed by atoms with Gasteiger partial charge in [-0.1, -0.05) is 47.7 Å². The first-order chi connectivity index (χ1) is 13.8. The van der Waals surface area contributed by atoms with E-state index in [-0.39, 0.29) is 0 Å². The van der Waals surface area contributed by atoms with Gasteiger partial charge in [-0.3, -0.25) is 14.9 Å². The highest BCUT2D eigenvalue weighted by atomic mass is 15.4. The topological polar surface area (TPSA) is 59.7 Å². The number of benzene rings is 1. The lowest BCUT2D eigenvalue weighted by Gasteiger charge is -2.20. The van der Waals surface area contributed by atoms with Crippen LogP contribution in [0.3, 0.4) is 0 Å². The van der Waals surface area contributed by atoms with Crippen molar-refractivity contribution >= 4 is 0 Å². The standard InChI is InChI=1S/C22H22N6/c1-2-8-19(9-3-1)14-28-18-22(25-26-28)17-27(15-20-10-4-6-12-23-20)16-21-11-5-7-13-24-21/h1-13,18H,14-17H2. The van der Waals surface area contributed by atoms with Crippen LogP contribution in [0.2, 0.25) is 0 Å². The van der Waals surface area contributed by atoms with Gasteiger partial charge in [0.05, 0.1) is 29.8 Å². The summed E-state index contributed by atoms with van der Waals surface area (Å²) in [5, 5.41) is 8.65. The van der Waals surface area contributed by atoms with E-state index in [1.54, 1.807) is 0 Å². The van der Waals surface area contributed by atoms with Crippen LogP contribution in [0.4, 0.5) is 0 Å². The molecule has 4 rings (SSSR count). The van der Waals surface area contributed by atoms with Crippen molar-refractivity contribution in [3.05, 3.63) is 108 Å². The highest BCUT2D eigenvalue weighted by Crippen LogP contribution is 2.11. The molecular weight excluding hydrogens is 348 g/mol. The molecule has 4 aromatic rings. The number of hydrogen-bond acceptors (Lipinski definition) is 5. The molecule has 0 bridgehead atoms.